The van der Waals surface area contributed by atoms with Crippen molar-refractivity contribution in [3.05, 3.63) is 0 Å². The van der Waals surface area contributed by atoms with Crippen molar-refractivity contribution in [2.45, 2.75) is 118 Å². The fourth-order valence-corrected chi connectivity index (χ4v) is 4.55. The van der Waals surface area contributed by atoms with E-state index in [4.69, 9.17) is 13.6 Å². The largest absolute Gasteiger partial charge is 0.474 e. The normalized spacial score (nSPS) is 16.0. The summed E-state index contributed by atoms with van der Waals surface area (Å²) in [5.41, 5.74) is 0. The van der Waals surface area contributed by atoms with Crippen LogP contribution in [-0.4, -0.2) is 19.8 Å². The first-order valence-electron chi connectivity index (χ1n) is 12.1. The van der Waals surface area contributed by atoms with E-state index >= 15 is 0 Å². The van der Waals surface area contributed by atoms with Crippen molar-refractivity contribution >= 4 is 7.82 Å². The van der Waals surface area contributed by atoms with Gasteiger partial charge in [0.05, 0.1) is 19.8 Å². The van der Waals surface area contributed by atoms with E-state index in [1.54, 1.807) is 0 Å². The highest BCUT2D eigenvalue weighted by atomic mass is 31.2. The number of hydrogen-bond donors (Lipinski definition) is 0. The molecule has 0 aliphatic carbocycles. The lowest BCUT2D eigenvalue weighted by atomic mass is 10.0. The minimum Gasteiger partial charge on any atom is -0.287 e. The maximum absolute atomic E-state index is 13.2. The van der Waals surface area contributed by atoms with E-state index < -0.39 is 7.82 Å². The highest BCUT2D eigenvalue weighted by molar-refractivity contribution is 7.48. The van der Waals surface area contributed by atoms with Crippen LogP contribution >= 0.6 is 7.82 Å². The minimum atomic E-state index is -3.47. The third-order valence-electron chi connectivity index (χ3n) is 5.52. The van der Waals surface area contributed by atoms with Crippen LogP contribution in [0.2, 0.25) is 0 Å². The molecule has 0 aromatic heterocycles. The lowest BCUT2D eigenvalue weighted by Crippen LogP contribution is -2.14. The van der Waals surface area contributed by atoms with Gasteiger partial charge in [-0.15, -0.1) is 0 Å². The van der Waals surface area contributed by atoms with Gasteiger partial charge >= 0.3 is 7.82 Å². The molecule has 0 aliphatic heterocycles. The Kier molecular flexibility index (Phi) is 19.2. The van der Waals surface area contributed by atoms with Crippen LogP contribution in [0.5, 0.6) is 0 Å². The summed E-state index contributed by atoms with van der Waals surface area (Å²) >= 11 is 0. The molecule has 2 atom stereocenters. The van der Waals surface area contributed by atoms with Crippen LogP contribution in [0, 0.1) is 11.8 Å². The average Bonchev–Trinajstić information content (AvgIpc) is 2.71. The monoisotopic (exact) mass is 420 g/mol. The van der Waals surface area contributed by atoms with Gasteiger partial charge in [-0.25, -0.2) is 4.57 Å². The summed E-state index contributed by atoms with van der Waals surface area (Å²) < 4.78 is 30.6. The van der Waals surface area contributed by atoms with E-state index in [1.165, 1.54) is 44.9 Å². The van der Waals surface area contributed by atoms with Gasteiger partial charge in [0.15, 0.2) is 0 Å². The summed E-state index contributed by atoms with van der Waals surface area (Å²) in [6, 6.07) is 0. The van der Waals surface area contributed by atoms with Crippen LogP contribution in [0.3, 0.4) is 0 Å². The Labute approximate surface area is 176 Å². The second-order valence-corrected chi connectivity index (χ2v) is 9.79. The molecule has 28 heavy (non-hydrogen) atoms. The standard InChI is InChI=1S/C23H49O4P/c1-6-11-14-15-16-19-25-28(24,26-20-22(9-4)17-12-7-2)27-21-23(10-5)18-13-8-3/h22-23H,6-21H2,1-5H3. The highest BCUT2D eigenvalue weighted by Gasteiger charge is 2.29. The molecule has 0 saturated heterocycles. The molecule has 0 amide bonds. The van der Waals surface area contributed by atoms with Gasteiger partial charge in [-0.1, -0.05) is 98.8 Å². The molecule has 0 spiro atoms. The molecular formula is C23H49O4P. The van der Waals surface area contributed by atoms with Gasteiger partial charge in [0.25, 0.3) is 0 Å². The van der Waals surface area contributed by atoms with Gasteiger partial charge in [-0.05, 0) is 31.1 Å². The Morgan fingerprint density at radius 2 is 1.07 bits per heavy atom. The summed E-state index contributed by atoms with van der Waals surface area (Å²) in [5.74, 6) is 0.846. The Morgan fingerprint density at radius 1 is 0.607 bits per heavy atom. The van der Waals surface area contributed by atoms with E-state index in [0.717, 1.165) is 38.5 Å². The van der Waals surface area contributed by atoms with Crippen molar-refractivity contribution < 1.29 is 18.1 Å². The SMILES string of the molecule is CCCCCCCOP(=O)(OCC(CC)CCCC)OCC(CC)CCCC. The first-order chi connectivity index (χ1) is 13.5. The van der Waals surface area contributed by atoms with Crippen molar-refractivity contribution in [2.75, 3.05) is 19.8 Å². The lowest BCUT2D eigenvalue weighted by Gasteiger charge is -2.23. The van der Waals surface area contributed by atoms with Gasteiger partial charge in [-0.2, -0.15) is 0 Å². The second-order valence-electron chi connectivity index (χ2n) is 8.12. The molecule has 4 nitrogen and oxygen atoms in total. The predicted molar refractivity (Wildman–Crippen MR) is 121 cm³/mol. The Hall–Kier alpha value is 0.110. The van der Waals surface area contributed by atoms with Gasteiger partial charge in [-0.3, -0.25) is 13.6 Å². The van der Waals surface area contributed by atoms with Crippen molar-refractivity contribution in [1.29, 1.82) is 0 Å². The van der Waals surface area contributed by atoms with E-state index in [9.17, 15) is 4.57 Å². The van der Waals surface area contributed by atoms with Gasteiger partial charge in [0, 0.05) is 0 Å². The van der Waals surface area contributed by atoms with Crippen LogP contribution in [0.1, 0.15) is 118 Å². The third kappa shape index (κ3) is 15.0. The molecule has 0 bridgehead atoms. The van der Waals surface area contributed by atoms with Crippen molar-refractivity contribution in [3.63, 3.8) is 0 Å². The number of phosphoric ester groups is 1. The van der Waals surface area contributed by atoms with Crippen LogP contribution in [0.4, 0.5) is 0 Å². The Morgan fingerprint density at radius 3 is 1.50 bits per heavy atom. The number of phosphoric acid groups is 1. The molecule has 0 fully saturated rings. The van der Waals surface area contributed by atoms with E-state index in [2.05, 4.69) is 34.6 Å². The van der Waals surface area contributed by atoms with Crippen LogP contribution in [-0.2, 0) is 18.1 Å². The molecular weight excluding hydrogens is 371 g/mol. The number of unbranched alkanes of at least 4 members (excludes halogenated alkanes) is 6. The highest BCUT2D eigenvalue weighted by Crippen LogP contribution is 2.50. The first kappa shape index (κ1) is 28.1. The predicted octanol–water partition coefficient (Wildman–Crippen LogP) is 8.55. The second kappa shape index (κ2) is 19.1. The van der Waals surface area contributed by atoms with Gasteiger partial charge in [0.2, 0.25) is 0 Å². The van der Waals surface area contributed by atoms with Crippen molar-refractivity contribution in [2.24, 2.45) is 11.8 Å². The number of hydrogen-bond acceptors (Lipinski definition) is 4. The molecule has 0 rings (SSSR count). The average molecular weight is 421 g/mol. The topological polar surface area (TPSA) is 44.8 Å². The molecule has 0 radical (unpaired) electrons. The smallest absolute Gasteiger partial charge is 0.287 e. The molecule has 0 aliphatic rings. The summed E-state index contributed by atoms with van der Waals surface area (Å²) in [7, 11) is -3.47. The van der Waals surface area contributed by atoms with Crippen LogP contribution in [0.25, 0.3) is 0 Å². The maximum atomic E-state index is 13.2. The summed E-state index contributed by atoms with van der Waals surface area (Å²) in [5, 5.41) is 0. The molecule has 0 saturated carbocycles. The molecule has 170 valence electrons. The summed E-state index contributed by atoms with van der Waals surface area (Å²) in [6.07, 6.45) is 14.7. The van der Waals surface area contributed by atoms with Crippen molar-refractivity contribution in [3.8, 4) is 0 Å². The molecule has 2 unspecified atom stereocenters. The zero-order valence-corrected chi connectivity index (χ0v) is 20.4. The van der Waals surface area contributed by atoms with E-state index in [-0.39, 0.29) is 0 Å². The van der Waals surface area contributed by atoms with Crippen LogP contribution in [0.15, 0.2) is 0 Å². The maximum Gasteiger partial charge on any atom is 0.474 e. The van der Waals surface area contributed by atoms with E-state index in [1.807, 2.05) is 0 Å². The Balaban J connectivity index is 4.62. The third-order valence-corrected chi connectivity index (χ3v) is 6.95. The fourth-order valence-electron chi connectivity index (χ4n) is 3.18. The van der Waals surface area contributed by atoms with Crippen LogP contribution < -0.4 is 0 Å². The zero-order chi connectivity index (χ0) is 21.1. The molecule has 0 heterocycles. The van der Waals surface area contributed by atoms with E-state index in [0.29, 0.717) is 31.7 Å². The minimum absolute atomic E-state index is 0.423. The molecule has 0 aromatic carbocycles. The first-order valence-corrected chi connectivity index (χ1v) is 13.5. The Bertz CT molecular complexity index is 352. The fraction of sp³-hybridized carbons (Fsp3) is 1.00. The molecule has 0 aromatic rings. The quantitative estimate of drug-likeness (QED) is 0.138. The van der Waals surface area contributed by atoms with Crippen molar-refractivity contribution in [1.82, 2.24) is 0 Å². The number of rotatable bonds is 21. The zero-order valence-electron chi connectivity index (χ0n) is 19.5. The molecule has 5 heteroatoms. The molecule has 0 N–H and O–H groups in total. The van der Waals surface area contributed by atoms with Gasteiger partial charge < -0.3 is 0 Å². The summed E-state index contributed by atoms with van der Waals surface area (Å²) in [4.78, 5) is 0. The van der Waals surface area contributed by atoms with Gasteiger partial charge in [0.1, 0.15) is 0 Å². The lowest BCUT2D eigenvalue weighted by molar-refractivity contribution is 0.0832. The summed E-state index contributed by atoms with van der Waals surface area (Å²) in [6.45, 7) is 12.3.